The highest BCUT2D eigenvalue weighted by Gasteiger charge is 2.37. The van der Waals surface area contributed by atoms with Gasteiger partial charge in [-0.05, 0) is 24.6 Å². The van der Waals surface area contributed by atoms with E-state index in [1.54, 1.807) is 23.1 Å². The van der Waals surface area contributed by atoms with Crippen molar-refractivity contribution >= 4 is 17.5 Å². The predicted molar refractivity (Wildman–Crippen MR) is 94.4 cm³/mol. The van der Waals surface area contributed by atoms with Crippen molar-refractivity contribution < 1.29 is 14.0 Å². The van der Waals surface area contributed by atoms with Gasteiger partial charge in [0.25, 0.3) is 0 Å². The van der Waals surface area contributed by atoms with Crippen LogP contribution in [0.2, 0.25) is 0 Å². The van der Waals surface area contributed by atoms with Gasteiger partial charge in [0, 0.05) is 26.1 Å². The zero-order chi connectivity index (χ0) is 17.8. The van der Waals surface area contributed by atoms with Gasteiger partial charge in [0.15, 0.2) is 0 Å². The normalized spacial score (nSPS) is 17.0. The Kier molecular flexibility index (Phi) is 5.12. The van der Waals surface area contributed by atoms with Crippen LogP contribution in [0.15, 0.2) is 54.6 Å². The van der Waals surface area contributed by atoms with E-state index < -0.39 is 11.7 Å². The van der Waals surface area contributed by atoms with Crippen molar-refractivity contribution in [2.75, 3.05) is 18.0 Å². The molecule has 1 saturated heterocycles. The van der Waals surface area contributed by atoms with E-state index in [-0.39, 0.29) is 30.5 Å². The third kappa shape index (κ3) is 3.71. The molecule has 0 bridgehead atoms. The van der Waals surface area contributed by atoms with Crippen LogP contribution < -0.4 is 4.90 Å². The smallest absolute Gasteiger partial charge is 0.228 e. The van der Waals surface area contributed by atoms with Crippen LogP contribution in [0.4, 0.5) is 10.1 Å². The molecule has 25 heavy (non-hydrogen) atoms. The first kappa shape index (κ1) is 17.1. The maximum atomic E-state index is 14.0. The number of benzene rings is 2. The molecule has 3 rings (SSSR count). The standard InChI is InChI=1S/C20H21FN2O2/c1-2-22(13-15-8-4-3-5-9-15)20(25)16-12-19(24)23(14-16)18-11-7-6-10-17(18)21/h3-11,16H,2,12-14H2,1H3. The monoisotopic (exact) mass is 340 g/mol. The summed E-state index contributed by atoms with van der Waals surface area (Å²) in [6, 6.07) is 15.9. The van der Waals surface area contributed by atoms with E-state index in [9.17, 15) is 14.0 Å². The number of carbonyl (C=O) groups is 2. The number of anilines is 1. The summed E-state index contributed by atoms with van der Waals surface area (Å²) < 4.78 is 14.0. The predicted octanol–water partition coefficient (Wildman–Crippen LogP) is 3.23. The minimum atomic E-state index is -0.444. The maximum absolute atomic E-state index is 14.0. The summed E-state index contributed by atoms with van der Waals surface area (Å²) in [5.41, 5.74) is 1.29. The van der Waals surface area contributed by atoms with E-state index >= 15 is 0 Å². The van der Waals surface area contributed by atoms with Gasteiger partial charge in [-0.15, -0.1) is 0 Å². The van der Waals surface area contributed by atoms with E-state index in [4.69, 9.17) is 0 Å². The number of hydrogen-bond acceptors (Lipinski definition) is 2. The number of nitrogens with zero attached hydrogens (tertiary/aromatic N) is 2. The average Bonchev–Trinajstić information content (AvgIpc) is 3.02. The lowest BCUT2D eigenvalue weighted by molar-refractivity contribution is -0.136. The molecule has 1 unspecified atom stereocenters. The van der Waals surface area contributed by atoms with Crippen LogP contribution in [0.1, 0.15) is 18.9 Å². The first-order valence-corrected chi connectivity index (χ1v) is 8.47. The molecule has 2 aromatic carbocycles. The Morgan fingerprint density at radius 3 is 2.52 bits per heavy atom. The molecule has 0 N–H and O–H groups in total. The van der Waals surface area contributed by atoms with Crippen LogP contribution in [0.5, 0.6) is 0 Å². The molecule has 0 spiro atoms. The average molecular weight is 340 g/mol. The molecule has 2 aromatic rings. The van der Waals surface area contributed by atoms with Gasteiger partial charge in [-0.25, -0.2) is 4.39 Å². The van der Waals surface area contributed by atoms with Crippen LogP contribution in [0.25, 0.3) is 0 Å². The summed E-state index contributed by atoms with van der Waals surface area (Å²) in [4.78, 5) is 28.3. The lowest BCUT2D eigenvalue weighted by atomic mass is 10.1. The Balaban J connectivity index is 1.72. The molecule has 4 nitrogen and oxygen atoms in total. The Bertz CT molecular complexity index is 763. The number of amides is 2. The third-order valence-corrected chi connectivity index (χ3v) is 4.53. The van der Waals surface area contributed by atoms with E-state index in [0.29, 0.717) is 13.1 Å². The molecule has 130 valence electrons. The first-order valence-electron chi connectivity index (χ1n) is 8.47. The molecular formula is C20H21FN2O2. The number of rotatable bonds is 5. The van der Waals surface area contributed by atoms with Gasteiger partial charge in [0.2, 0.25) is 11.8 Å². The number of hydrogen-bond donors (Lipinski definition) is 0. The molecule has 0 aliphatic carbocycles. The minimum Gasteiger partial charge on any atom is -0.338 e. The minimum absolute atomic E-state index is 0.0569. The van der Waals surface area contributed by atoms with E-state index in [0.717, 1.165) is 5.56 Å². The highest BCUT2D eigenvalue weighted by atomic mass is 19.1. The van der Waals surface area contributed by atoms with Crippen LogP contribution in [0, 0.1) is 11.7 Å². The Morgan fingerprint density at radius 1 is 1.16 bits per heavy atom. The fourth-order valence-corrected chi connectivity index (χ4v) is 3.18. The Hall–Kier alpha value is -2.69. The van der Waals surface area contributed by atoms with Gasteiger partial charge < -0.3 is 9.80 Å². The van der Waals surface area contributed by atoms with E-state index in [1.165, 1.54) is 11.0 Å². The summed E-state index contributed by atoms with van der Waals surface area (Å²) in [7, 11) is 0. The summed E-state index contributed by atoms with van der Waals surface area (Å²) in [6.45, 7) is 3.23. The Labute approximate surface area is 146 Å². The molecule has 1 aliphatic heterocycles. The fraction of sp³-hybridized carbons (Fsp3) is 0.300. The zero-order valence-electron chi connectivity index (χ0n) is 14.2. The summed E-state index contributed by atoms with van der Waals surface area (Å²) in [6.07, 6.45) is 0.123. The highest BCUT2D eigenvalue weighted by molar-refractivity contribution is 6.00. The number of para-hydroxylation sites is 1. The van der Waals surface area contributed by atoms with Crippen LogP contribution >= 0.6 is 0 Å². The van der Waals surface area contributed by atoms with Gasteiger partial charge in [-0.3, -0.25) is 9.59 Å². The molecule has 1 atom stereocenters. The lowest BCUT2D eigenvalue weighted by Gasteiger charge is -2.24. The Morgan fingerprint density at radius 2 is 1.84 bits per heavy atom. The van der Waals surface area contributed by atoms with Crippen molar-refractivity contribution in [3.8, 4) is 0 Å². The summed E-state index contributed by atoms with van der Waals surface area (Å²) in [5.74, 6) is -1.14. The first-order chi connectivity index (χ1) is 12.1. The second kappa shape index (κ2) is 7.47. The van der Waals surface area contributed by atoms with Gasteiger partial charge in [-0.1, -0.05) is 42.5 Å². The van der Waals surface area contributed by atoms with Gasteiger partial charge in [0.05, 0.1) is 11.6 Å². The lowest BCUT2D eigenvalue weighted by Crippen LogP contribution is -2.37. The van der Waals surface area contributed by atoms with Crippen LogP contribution in [-0.2, 0) is 16.1 Å². The topological polar surface area (TPSA) is 40.6 Å². The second-order valence-electron chi connectivity index (χ2n) is 6.19. The molecule has 0 aromatic heterocycles. The number of carbonyl (C=O) groups excluding carboxylic acids is 2. The van der Waals surface area contributed by atoms with Gasteiger partial charge in [0.1, 0.15) is 5.82 Å². The van der Waals surface area contributed by atoms with Crippen LogP contribution in [-0.4, -0.2) is 29.8 Å². The van der Waals surface area contributed by atoms with E-state index in [2.05, 4.69) is 0 Å². The van der Waals surface area contributed by atoms with Gasteiger partial charge in [-0.2, -0.15) is 0 Å². The molecule has 5 heteroatoms. The maximum Gasteiger partial charge on any atom is 0.228 e. The SMILES string of the molecule is CCN(Cc1ccccc1)C(=O)C1CC(=O)N(c2ccccc2F)C1. The third-order valence-electron chi connectivity index (χ3n) is 4.53. The van der Waals surface area contributed by atoms with Crippen molar-refractivity contribution in [3.63, 3.8) is 0 Å². The van der Waals surface area contributed by atoms with Crippen molar-refractivity contribution in [3.05, 3.63) is 66.0 Å². The van der Waals surface area contributed by atoms with Crippen molar-refractivity contribution in [2.45, 2.75) is 19.9 Å². The molecule has 0 radical (unpaired) electrons. The highest BCUT2D eigenvalue weighted by Crippen LogP contribution is 2.28. The summed E-state index contributed by atoms with van der Waals surface area (Å²) >= 11 is 0. The quantitative estimate of drug-likeness (QED) is 0.838. The molecule has 1 fully saturated rings. The molecular weight excluding hydrogens is 319 g/mol. The van der Waals surface area contributed by atoms with Crippen LogP contribution in [0.3, 0.4) is 0 Å². The molecule has 0 saturated carbocycles. The fourth-order valence-electron chi connectivity index (χ4n) is 3.18. The van der Waals surface area contributed by atoms with Gasteiger partial charge >= 0.3 is 0 Å². The second-order valence-corrected chi connectivity index (χ2v) is 6.19. The molecule has 1 heterocycles. The molecule has 2 amide bonds. The van der Waals surface area contributed by atoms with Crippen molar-refractivity contribution in [1.82, 2.24) is 4.90 Å². The largest absolute Gasteiger partial charge is 0.338 e. The number of halogens is 1. The van der Waals surface area contributed by atoms with Crippen molar-refractivity contribution in [1.29, 1.82) is 0 Å². The zero-order valence-corrected chi connectivity index (χ0v) is 14.2. The summed E-state index contributed by atoms with van der Waals surface area (Å²) in [5, 5.41) is 0. The molecule has 1 aliphatic rings. The van der Waals surface area contributed by atoms with E-state index in [1.807, 2.05) is 37.3 Å². The van der Waals surface area contributed by atoms with Crippen molar-refractivity contribution in [2.24, 2.45) is 5.92 Å².